The van der Waals surface area contributed by atoms with Crippen molar-refractivity contribution in [1.82, 2.24) is 20.2 Å². The highest BCUT2D eigenvalue weighted by atomic mass is 32.1. The number of anilines is 1. The number of pyridine rings is 1. The number of fused-ring (bicyclic) bond motifs is 1. The molecule has 1 aliphatic heterocycles. The highest BCUT2D eigenvalue weighted by molar-refractivity contribution is 7.21. The van der Waals surface area contributed by atoms with Gasteiger partial charge < -0.3 is 10.2 Å². The van der Waals surface area contributed by atoms with Gasteiger partial charge in [-0.25, -0.2) is 14.8 Å². The summed E-state index contributed by atoms with van der Waals surface area (Å²) in [5, 5.41) is 6.13. The van der Waals surface area contributed by atoms with Gasteiger partial charge in [-0.1, -0.05) is 11.3 Å². The SMILES string of the molecule is Cc1ccc2nc(NC(=O)NCC3CC(=O)N(C4CC4)C3)sc2n1. The smallest absolute Gasteiger partial charge is 0.321 e. The van der Waals surface area contributed by atoms with Crippen LogP contribution in [0.3, 0.4) is 0 Å². The number of urea groups is 1. The van der Waals surface area contributed by atoms with Crippen molar-refractivity contribution in [3.05, 3.63) is 17.8 Å². The van der Waals surface area contributed by atoms with Crippen LogP contribution in [0.25, 0.3) is 10.3 Å². The van der Waals surface area contributed by atoms with Crippen molar-refractivity contribution < 1.29 is 9.59 Å². The standard InChI is InChI=1S/C16H19N5O2S/c1-9-2-5-12-14(18-9)24-16(19-12)20-15(23)17-7-10-6-13(22)21(8-10)11-3-4-11/h2,5,10-11H,3-4,6-8H2,1H3,(H2,17,19,20,23). The van der Waals surface area contributed by atoms with E-state index in [2.05, 4.69) is 20.6 Å². The van der Waals surface area contributed by atoms with E-state index in [1.807, 2.05) is 24.0 Å². The maximum Gasteiger partial charge on any atom is 0.321 e. The zero-order valence-corrected chi connectivity index (χ0v) is 14.2. The lowest BCUT2D eigenvalue weighted by Gasteiger charge is -2.15. The van der Waals surface area contributed by atoms with Crippen molar-refractivity contribution >= 4 is 38.8 Å². The van der Waals surface area contributed by atoms with Crippen LogP contribution in [0.5, 0.6) is 0 Å². The number of hydrogen-bond acceptors (Lipinski definition) is 5. The molecule has 2 aliphatic rings. The number of likely N-dealkylation sites (tertiary alicyclic amines) is 1. The number of rotatable bonds is 4. The first-order valence-corrected chi connectivity index (χ1v) is 8.98. The Kier molecular flexibility index (Phi) is 3.84. The molecule has 1 saturated carbocycles. The van der Waals surface area contributed by atoms with Crippen molar-refractivity contribution in [3.63, 3.8) is 0 Å². The van der Waals surface area contributed by atoms with Crippen molar-refractivity contribution in [1.29, 1.82) is 0 Å². The fraction of sp³-hybridized carbons (Fsp3) is 0.500. The first-order chi connectivity index (χ1) is 11.6. The van der Waals surface area contributed by atoms with Crippen LogP contribution in [-0.2, 0) is 4.79 Å². The number of nitrogens with one attached hydrogen (secondary N) is 2. The van der Waals surface area contributed by atoms with Crippen LogP contribution in [-0.4, -0.2) is 45.9 Å². The second-order valence-corrected chi connectivity index (χ2v) is 7.46. The summed E-state index contributed by atoms with van der Waals surface area (Å²) in [6, 6.07) is 3.96. The van der Waals surface area contributed by atoms with Crippen LogP contribution in [0, 0.1) is 12.8 Å². The zero-order valence-electron chi connectivity index (χ0n) is 13.4. The molecule has 0 radical (unpaired) electrons. The van der Waals surface area contributed by atoms with Gasteiger partial charge in [0.1, 0.15) is 10.3 Å². The Balaban J connectivity index is 1.30. The van der Waals surface area contributed by atoms with Crippen LogP contribution in [0.4, 0.5) is 9.93 Å². The monoisotopic (exact) mass is 345 g/mol. The molecule has 4 rings (SSSR count). The zero-order chi connectivity index (χ0) is 16.7. The second kappa shape index (κ2) is 6.01. The Labute approximate surface area is 143 Å². The molecule has 1 aliphatic carbocycles. The van der Waals surface area contributed by atoms with Crippen molar-refractivity contribution in [2.24, 2.45) is 5.92 Å². The minimum Gasteiger partial charge on any atom is -0.339 e. The van der Waals surface area contributed by atoms with Crippen molar-refractivity contribution in [2.75, 3.05) is 18.4 Å². The molecule has 2 fully saturated rings. The summed E-state index contributed by atoms with van der Waals surface area (Å²) >= 11 is 1.35. The molecule has 8 heteroatoms. The normalized spacial score (nSPS) is 20.6. The lowest BCUT2D eigenvalue weighted by Crippen LogP contribution is -2.34. The van der Waals surface area contributed by atoms with E-state index in [0.717, 1.165) is 35.4 Å². The van der Waals surface area contributed by atoms with Gasteiger partial charge in [0.15, 0.2) is 5.13 Å². The highest BCUT2D eigenvalue weighted by Gasteiger charge is 2.39. The van der Waals surface area contributed by atoms with Crippen molar-refractivity contribution in [3.8, 4) is 0 Å². The molecule has 7 nitrogen and oxygen atoms in total. The van der Waals surface area contributed by atoms with Gasteiger partial charge in [0.2, 0.25) is 5.91 Å². The van der Waals surface area contributed by atoms with Crippen LogP contribution in [0.2, 0.25) is 0 Å². The van der Waals surface area contributed by atoms with E-state index < -0.39 is 0 Å². The van der Waals surface area contributed by atoms with E-state index >= 15 is 0 Å². The van der Waals surface area contributed by atoms with E-state index in [0.29, 0.717) is 24.1 Å². The fourth-order valence-corrected chi connectivity index (χ4v) is 3.90. The van der Waals surface area contributed by atoms with Gasteiger partial charge in [0, 0.05) is 37.2 Å². The number of nitrogens with zero attached hydrogens (tertiary/aromatic N) is 3. The summed E-state index contributed by atoms with van der Waals surface area (Å²) in [4.78, 5) is 35.5. The molecule has 3 heterocycles. The number of carbonyl (C=O) groups excluding carboxylic acids is 2. The van der Waals surface area contributed by atoms with Gasteiger partial charge in [0.05, 0.1) is 0 Å². The first-order valence-electron chi connectivity index (χ1n) is 8.17. The highest BCUT2D eigenvalue weighted by Crippen LogP contribution is 2.32. The fourth-order valence-electron chi connectivity index (χ4n) is 3.03. The van der Waals surface area contributed by atoms with E-state index in [-0.39, 0.29) is 17.9 Å². The molecule has 3 amide bonds. The molecule has 24 heavy (non-hydrogen) atoms. The topological polar surface area (TPSA) is 87.2 Å². The first kappa shape index (κ1) is 15.3. The third-order valence-electron chi connectivity index (χ3n) is 4.39. The lowest BCUT2D eigenvalue weighted by molar-refractivity contribution is -0.128. The van der Waals surface area contributed by atoms with E-state index in [4.69, 9.17) is 0 Å². The van der Waals surface area contributed by atoms with Gasteiger partial charge >= 0.3 is 6.03 Å². The maximum absolute atomic E-state index is 12.0. The third kappa shape index (κ3) is 3.19. The predicted molar refractivity (Wildman–Crippen MR) is 92.0 cm³/mol. The number of thiazole rings is 1. The van der Waals surface area contributed by atoms with E-state index in [1.54, 1.807) is 0 Å². The Morgan fingerprint density at radius 2 is 2.21 bits per heavy atom. The van der Waals surface area contributed by atoms with Gasteiger partial charge in [-0.15, -0.1) is 0 Å². The number of aryl methyl sites for hydroxylation is 1. The van der Waals surface area contributed by atoms with E-state index in [1.165, 1.54) is 11.3 Å². The van der Waals surface area contributed by atoms with Crippen LogP contribution >= 0.6 is 11.3 Å². The summed E-state index contributed by atoms with van der Waals surface area (Å²) in [5.74, 6) is 0.417. The van der Waals surface area contributed by atoms with Gasteiger partial charge in [-0.2, -0.15) is 0 Å². The third-order valence-corrected chi connectivity index (χ3v) is 5.27. The molecular weight excluding hydrogens is 326 g/mol. The number of aromatic nitrogens is 2. The minimum absolute atomic E-state index is 0.198. The minimum atomic E-state index is -0.289. The lowest BCUT2D eigenvalue weighted by atomic mass is 10.1. The molecule has 126 valence electrons. The van der Waals surface area contributed by atoms with Crippen LogP contribution < -0.4 is 10.6 Å². The largest absolute Gasteiger partial charge is 0.339 e. The maximum atomic E-state index is 12.0. The summed E-state index contributed by atoms with van der Waals surface area (Å²) in [5.41, 5.74) is 1.70. The Hall–Kier alpha value is -2.22. The number of amides is 3. The molecular formula is C16H19N5O2S. The van der Waals surface area contributed by atoms with Crippen molar-refractivity contribution in [2.45, 2.75) is 32.2 Å². The molecule has 2 N–H and O–H groups in total. The molecule has 1 unspecified atom stereocenters. The Bertz CT molecular complexity index is 801. The molecule has 1 atom stereocenters. The van der Waals surface area contributed by atoms with Crippen LogP contribution in [0.1, 0.15) is 25.0 Å². The van der Waals surface area contributed by atoms with Crippen LogP contribution in [0.15, 0.2) is 12.1 Å². The average Bonchev–Trinajstić information content (AvgIpc) is 3.20. The Morgan fingerprint density at radius 3 is 3.00 bits per heavy atom. The molecule has 2 aromatic heterocycles. The molecule has 0 bridgehead atoms. The van der Waals surface area contributed by atoms with Gasteiger partial charge in [-0.3, -0.25) is 10.1 Å². The second-order valence-electron chi connectivity index (χ2n) is 6.48. The molecule has 0 spiro atoms. The summed E-state index contributed by atoms with van der Waals surface area (Å²) in [6.45, 7) is 3.18. The Morgan fingerprint density at radius 1 is 1.38 bits per heavy atom. The quantitative estimate of drug-likeness (QED) is 0.889. The molecule has 0 aromatic carbocycles. The number of hydrogen-bond donors (Lipinski definition) is 2. The van der Waals surface area contributed by atoms with Gasteiger partial charge in [-0.05, 0) is 31.9 Å². The van der Waals surface area contributed by atoms with E-state index in [9.17, 15) is 9.59 Å². The summed E-state index contributed by atoms with van der Waals surface area (Å²) in [6.07, 6.45) is 2.77. The molecule has 1 saturated heterocycles. The summed E-state index contributed by atoms with van der Waals surface area (Å²) in [7, 11) is 0. The number of carbonyl (C=O) groups is 2. The predicted octanol–water partition coefficient (Wildman–Crippen LogP) is 2.13. The van der Waals surface area contributed by atoms with Gasteiger partial charge in [0.25, 0.3) is 0 Å². The molecule has 2 aromatic rings. The average molecular weight is 345 g/mol. The summed E-state index contributed by atoms with van der Waals surface area (Å²) < 4.78 is 0.